The second-order valence-electron chi connectivity index (χ2n) is 7.97. The van der Waals surface area contributed by atoms with Gasteiger partial charge in [-0.25, -0.2) is 8.78 Å². The molecule has 0 heterocycles. The quantitative estimate of drug-likeness (QED) is 0.268. The van der Waals surface area contributed by atoms with Crippen LogP contribution in [0.5, 0.6) is 11.5 Å². The highest BCUT2D eigenvalue weighted by Crippen LogP contribution is 2.52. The fourth-order valence-corrected chi connectivity index (χ4v) is 4.41. The summed E-state index contributed by atoms with van der Waals surface area (Å²) < 4.78 is 38.8. The summed E-state index contributed by atoms with van der Waals surface area (Å²) >= 11 is 0. The molecule has 0 unspecified atom stereocenters. The monoisotopic (exact) mass is 452 g/mol. The highest BCUT2D eigenvalue weighted by atomic mass is 19.1. The molecule has 0 bridgehead atoms. The van der Waals surface area contributed by atoms with E-state index >= 15 is 0 Å². The number of rotatable bonds is 5. The van der Waals surface area contributed by atoms with Gasteiger partial charge in [-0.3, -0.25) is 0 Å². The van der Waals surface area contributed by atoms with Crippen molar-refractivity contribution >= 4 is 0 Å². The molecule has 0 aromatic heterocycles. The van der Waals surface area contributed by atoms with Crippen LogP contribution in [0.3, 0.4) is 0 Å². The Morgan fingerprint density at radius 3 is 1.12 bits per heavy atom. The lowest BCUT2D eigenvalue weighted by Crippen LogP contribution is -1.87. The van der Waals surface area contributed by atoms with Gasteiger partial charge in [-0.2, -0.15) is 0 Å². The van der Waals surface area contributed by atoms with Gasteiger partial charge >= 0.3 is 0 Å². The molecule has 3 aromatic rings. The van der Waals surface area contributed by atoms with Crippen LogP contribution in [0.1, 0.15) is 0 Å². The molecule has 0 atom stereocenters. The van der Waals surface area contributed by atoms with Crippen LogP contribution in [0.4, 0.5) is 8.78 Å². The van der Waals surface area contributed by atoms with Crippen molar-refractivity contribution in [2.24, 2.45) is 0 Å². The van der Waals surface area contributed by atoms with E-state index in [1.807, 2.05) is 60.7 Å². The number of methoxy groups -OCH3 is 2. The van der Waals surface area contributed by atoms with Crippen molar-refractivity contribution in [2.45, 2.75) is 0 Å². The third-order valence-corrected chi connectivity index (χ3v) is 6.04. The van der Waals surface area contributed by atoms with Gasteiger partial charge in [-0.1, -0.05) is 48.5 Å². The molecule has 0 spiro atoms. The van der Waals surface area contributed by atoms with E-state index in [1.54, 1.807) is 26.4 Å². The SMILES string of the molecule is COc1ccc(-c2c3ccc(F)ccc-3c(-c3ccc(OC)cc3)c2-c2ccc(F)cc2)cc1. The lowest BCUT2D eigenvalue weighted by atomic mass is 9.93. The number of hydrogen-bond acceptors (Lipinski definition) is 2. The van der Waals surface area contributed by atoms with Gasteiger partial charge in [-0.15, -0.1) is 0 Å². The third-order valence-electron chi connectivity index (χ3n) is 6.04. The molecular weight excluding hydrogens is 430 g/mol. The van der Waals surface area contributed by atoms with Gasteiger partial charge in [0.05, 0.1) is 14.2 Å². The van der Waals surface area contributed by atoms with Gasteiger partial charge in [0.1, 0.15) is 23.1 Å². The van der Waals surface area contributed by atoms with Gasteiger partial charge in [0.2, 0.25) is 0 Å². The summed E-state index contributed by atoms with van der Waals surface area (Å²) in [4.78, 5) is 0. The first-order valence-electron chi connectivity index (χ1n) is 10.9. The highest BCUT2D eigenvalue weighted by molar-refractivity contribution is 6.10. The summed E-state index contributed by atoms with van der Waals surface area (Å²) in [6.45, 7) is 0. The van der Waals surface area contributed by atoms with Crippen LogP contribution in [-0.4, -0.2) is 14.2 Å². The zero-order valence-corrected chi connectivity index (χ0v) is 18.8. The molecule has 0 aliphatic heterocycles. The van der Waals surface area contributed by atoms with Gasteiger partial charge in [0.25, 0.3) is 0 Å². The van der Waals surface area contributed by atoms with Crippen molar-refractivity contribution in [3.63, 3.8) is 0 Å². The van der Waals surface area contributed by atoms with Crippen LogP contribution in [0, 0.1) is 11.6 Å². The van der Waals surface area contributed by atoms with Gasteiger partial charge in [0, 0.05) is 0 Å². The Hall–Kier alpha value is -4.18. The van der Waals surface area contributed by atoms with Crippen molar-refractivity contribution in [1.29, 1.82) is 0 Å². The molecule has 0 N–H and O–H groups in total. The Kier molecular flexibility index (Phi) is 5.72. The number of hydrogen-bond donors (Lipinski definition) is 0. The summed E-state index contributed by atoms with van der Waals surface area (Å²) in [6, 6.07) is 28.6. The summed E-state index contributed by atoms with van der Waals surface area (Å²) in [5, 5.41) is 0. The van der Waals surface area contributed by atoms with E-state index in [-0.39, 0.29) is 11.6 Å². The number of halogens is 2. The maximum Gasteiger partial charge on any atom is 0.123 e. The van der Waals surface area contributed by atoms with Crippen molar-refractivity contribution < 1.29 is 18.3 Å². The predicted molar refractivity (Wildman–Crippen MR) is 132 cm³/mol. The van der Waals surface area contributed by atoms with E-state index in [1.165, 1.54) is 24.3 Å². The number of benzene rings is 3. The Labute approximate surface area is 197 Å². The Bertz CT molecular complexity index is 1320. The first-order chi connectivity index (χ1) is 16.6. The van der Waals surface area contributed by atoms with Crippen LogP contribution in [0.25, 0.3) is 44.5 Å². The Balaban J connectivity index is 1.89. The molecule has 3 aromatic carbocycles. The summed E-state index contributed by atoms with van der Waals surface area (Å²) in [5.74, 6) is 0.871. The molecule has 34 heavy (non-hydrogen) atoms. The minimum atomic E-state index is -0.319. The second kappa shape index (κ2) is 8.99. The summed E-state index contributed by atoms with van der Waals surface area (Å²) in [5.41, 5.74) is 7.44. The predicted octanol–water partition coefficient (Wildman–Crippen LogP) is 8.09. The van der Waals surface area contributed by atoms with Crippen LogP contribution < -0.4 is 9.47 Å². The van der Waals surface area contributed by atoms with Crippen molar-refractivity contribution in [2.75, 3.05) is 14.2 Å². The molecule has 2 nitrogen and oxygen atoms in total. The van der Waals surface area contributed by atoms with Crippen LogP contribution in [0.2, 0.25) is 0 Å². The molecule has 0 fully saturated rings. The van der Waals surface area contributed by atoms with Crippen molar-refractivity contribution in [3.8, 4) is 56.0 Å². The van der Waals surface area contributed by atoms with Crippen LogP contribution >= 0.6 is 0 Å². The average molecular weight is 453 g/mol. The minimum absolute atomic E-state index is 0.301. The molecular formula is C30H22F2O2. The first-order valence-corrected chi connectivity index (χ1v) is 10.9. The maximum absolute atomic E-state index is 14.3. The van der Waals surface area contributed by atoms with E-state index in [4.69, 9.17) is 9.47 Å². The van der Waals surface area contributed by atoms with E-state index < -0.39 is 0 Å². The van der Waals surface area contributed by atoms with E-state index in [2.05, 4.69) is 0 Å². The summed E-state index contributed by atoms with van der Waals surface area (Å²) in [6.07, 6.45) is 0. The largest absolute Gasteiger partial charge is 0.497 e. The Morgan fingerprint density at radius 1 is 0.412 bits per heavy atom. The fraction of sp³-hybridized carbons (Fsp3) is 0.0667. The van der Waals surface area contributed by atoms with E-state index in [0.717, 1.165) is 56.0 Å². The average Bonchev–Trinajstić information content (AvgIpc) is 3.08. The maximum atomic E-state index is 14.3. The zero-order chi connectivity index (χ0) is 23.7. The number of fused-ring (bicyclic) bond motifs is 1. The molecule has 0 amide bonds. The summed E-state index contributed by atoms with van der Waals surface area (Å²) in [7, 11) is 3.25. The normalized spacial score (nSPS) is 10.9. The molecule has 4 heteroatoms. The van der Waals surface area contributed by atoms with Crippen molar-refractivity contribution in [3.05, 3.63) is 109 Å². The molecule has 2 aliphatic rings. The lowest BCUT2D eigenvalue weighted by Gasteiger charge is -2.11. The van der Waals surface area contributed by atoms with Crippen LogP contribution in [-0.2, 0) is 0 Å². The third kappa shape index (κ3) is 3.88. The smallest absolute Gasteiger partial charge is 0.123 e. The first kappa shape index (κ1) is 21.7. The molecule has 2 aliphatic carbocycles. The molecule has 0 saturated heterocycles. The second-order valence-corrected chi connectivity index (χ2v) is 7.97. The number of ether oxygens (including phenoxy) is 2. The molecule has 5 rings (SSSR count). The molecule has 168 valence electrons. The zero-order valence-electron chi connectivity index (χ0n) is 18.8. The van der Waals surface area contributed by atoms with E-state index in [0.29, 0.717) is 0 Å². The molecule has 0 radical (unpaired) electrons. The van der Waals surface area contributed by atoms with E-state index in [9.17, 15) is 8.78 Å². The molecule has 0 saturated carbocycles. The van der Waals surface area contributed by atoms with Gasteiger partial charge in [-0.05, 0) is 93.0 Å². The lowest BCUT2D eigenvalue weighted by molar-refractivity contribution is 0.415. The van der Waals surface area contributed by atoms with Crippen LogP contribution in [0.15, 0.2) is 97.1 Å². The topological polar surface area (TPSA) is 18.5 Å². The highest BCUT2D eigenvalue weighted by Gasteiger charge is 2.26. The van der Waals surface area contributed by atoms with Crippen molar-refractivity contribution in [1.82, 2.24) is 0 Å². The minimum Gasteiger partial charge on any atom is -0.497 e. The fourth-order valence-electron chi connectivity index (χ4n) is 4.41. The standard InChI is InChI=1S/C30H22F2O2/c1-33-24-13-5-19(6-14-24)28-26-17-11-23(32)12-18-27(26)29(20-7-15-25(34-2)16-8-20)30(28)21-3-9-22(31)10-4-21/h3-18H,1-2H3. The van der Waals surface area contributed by atoms with Gasteiger partial charge in [0.15, 0.2) is 0 Å². The van der Waals surface area contributed by atoms with Gasteiger partial charge < -0.3 is 9.47 Å². The Morgan fingerprint density at radius 2 is 0.735 bits per heavy atom.